The van der Waals surface area contributed by atoms with Crippen LogP contribution >= 0.6 is 0 Å². The number of benzene rings is 1. The SMILES string of the molecule is Cc1cc(CN2CCOCC2)ccc1-n1cc(-c2nc(NC3CCN(S(=O)(=O)c4cn(C)cn4)CC3)ncc2C)cn1. The molecule has 222 valence electrons. The molecule has 0 spiro atoms. The van der Waals surface area contributed by atoms with Crippen LogP contribution in [0.3, 0.4) is 0 Å². The number of rotatable bonds is 8. The van der Waals surface area contributed by atoms with Crippen molar-refractivity contribution in [3.05, 3.63) is 66.0 Å². The van der Waals surface area contributed by atoms with Crippen LogP contribution in [0.4, 0.5) is 5.95 Å². The van der Waals surface area contributed by atoms with Gasteiger partial charge in [-0.1, -0.05) is 12.1 Å². The summed E-state index contributed by atoms with van der Waals surface area (Å²) in [5.74, 6) is 0.526. The summed E-state index contributed by atoms with van der Waals surface area (Å²) in [5, 5.41) is 8.16. The molecule has 0 radical (unpaired) electrons. The van der Waals surface area contributed by atoms with E-state index in [4.69, 9.17) is 9.72 Å². The molecule has 2 aliphatic rings. The zero-order valence-electron chi connectivity index (χ0n) is 24.3. The minimum Gasteiger partial charge on any atom is -0.379 e. The van der Waals surface area contributed by atoms with E-state index >= 15 is 0 Å². The molecule has 0 saturated carbocycles. The Kier molecular flexibility index (Phi) is 8.08. The minimum atomic E-state index is -3.59. The van der Waals surface area contributed by atoms with E-state index in [1.165, 1.54) is 22.4 Å². The van der Waals surface area contributed by atoms with Gasteiger partial charge in [0.1, 0.15) is 0 Å². The van der Waals surface area contributed by atoms with Crippen molar-refractivity contribution in [1.29, 1.82) is 0 Å². The van der Waals surface area contributed by atoms with Crippen molar-refractivity contribution in [3.8, 4) is 16.9 Å². The lowest BCUT2D eigenvalue weighted by Gasteiger charge is -2.31. The molecule has 2 saturated heterocycles. The summed E-state index contributed by atoms with van der Waals surface area (Å²) in [6.07, 6.45) is 9.99. The van der Waals surface area contributed by atoms with Gasteiger partial charge in [-0.3, -0.25) is 4.90 Å². The van der Waals surface area contributed by atoms with Crippen molar-refractivity contribution in [3.63, 3.8) is 0 Å². The van der Waals surface area contributed by atoms with Gasteiger partial charge >= 0.3 is 0 Å². The molecule has 6 rings (SSSR count). The highest BCUT2D eigenvalue weighted by Crippen LogP contribution is 2.26. The average Bonchev–Trinajstić information content (AvgIpc) is 3.65. The second-order valence-electron chi connectivity index (χ2n) is 11.1. The normalized spacial score (nSPS) is 17.5. The number of anilines is 1. The summed E-state index contributed by atoms with van der Waals surface area (Å²) >= 11 is 0. The van der Waals surface area contributed by atoms with Gasteiger partial charge in [-0.15, -0.1) is 0 Å². The Morgan fingerprint density at radius 2 is 1.79 bits per heavy atom. The maximum absolute atomic E-state index is 12.9. The molecular weight excluding hydrogens is 554 g/mol. The van der Waals surface area contributed by atoms with E-state index in [1.807, 2.05) is 30.2 Å². The van der Waals surface area contributed by atoms with E-state index < -0.39 is 10.0 Å². The van der Waals surface area contributed by atoms with E-state index in [0.29, 0.717) is 31.9 Å². The van der Waals surface area contributed by atoms with E-state index in [0.717, 1.165) is 60.9 Å². The van der Waals surface area contributed by atoms with Crippen LogP contribution in [0.2, 0.25) is 0 Å². The molecule has 0 amide bonds. The van der Waals surface area contributed by atoms with Crippen LogP contribution in [0.5, 0.6) is 0 Å². The first kappa shape index (κ1) is 28.5. The first-order valence-corrected chi connectivity index (χ1v) is 15.7. The topological polar surface area (TPSA) is 123 Å². The van der Waals surface area contributed by atoms with Gasteiger partial charge in [0, 0.05) is 70.0 Å². The molecule has 0 atom stereocenters. The summed E-state index contributed by atoms with van der Waals surface area (Å²) < 4.78 is 36.3. The monoisotopic (exact) mass is 591 g/mol. The Balaban J connectivity index is 1.11. The van der Waals surface area contributed by atoms with Crippen molar-refractivity contribution >= 4 is 16.0 Å². The quantitative estimate of drug-likeness (QED) is 0.330. The number of morpholine rings is 1. The number of hydrogen-bond acceptors (Lipinski definition) is 9. The predicted octanol–water partition coefficient (Wildman–Crippen LogP) is 2.78. The second kappa shape index (κ2) is 11.9. The van der Waals surface area contributed by atoms with Gasteiger partial charge in [-0.2, -0.15) is 9.40 Å². The molecule has 4 aromatic rings. The molecule has 0 aliphatic carbocycles. The lowest BCUT2D eigenvalue weighted by Crippen LogP contribution is -2.42. The van der Waals surface area contributed by atoms with Gasteiger partial charge in [-0.05, 0) is 49.4 Å². The van der Waals surface area contributed by atoms with Crippen LogP contribution in [0.1, 0.15) is 29.5 Å². The van der Waals surface area contributed by atoms with Crippen molar-refractivity contribution in [1.82, 2.24) is 38.5 Å². The summed E-state index contributed by atoms with van der Waals surface area (Å²) in [5.41, 5.74) is 6.15. The number of imidazole rings is 1. The zero-order chi connectivity index (χ0) is 29.3. The summed E-state index contributed by atoms with van der Waals surface area (Å²) in [4.78, 5) is 15.8. The smallest absolute Gasteiger partial charge is 0.262 e. The molecule has 0 bridgehead atoms. The van der Waals surface area contributed by atoms with E-state index in [-0.39, 0.29) is 11.1 Å². The Labute approximate surface area is 246 Å². The van der Waals surface area contributed by atoms with Crippen LogP contribution in [-0.2, 0) is 28.4 Å². The molecule has 3 aromatic heterocycles. The molecule has 13 heteroatoms. The summed E-state index contributed by atoms with van der Waals surface area (Å²) in [6.45, 7) is 9.36. The first-order valence-electron chi connectivity index (χ1n) is 14.3. The number of aromatic nitrogens is 6. The highest BCUT2D eigenvalue weighted by molar-refractivity contribution is 7.89. The molecule has 2 fully saturated rings. The van der Waals surface area contributed by atoms with Crippen LogP contribution < -0.4 is 5.32 Å². The zero-order valence-corrected chi connectivity index (χ0v) is 25.1. The third-order valence-corrected chi connectivity index (χ3v) is 9.70. The number of piperidine rings is 1. The van der Waals surface area contributed by atoms with Gasteiger partial charge in [0.05, 0.1) is 37.1 Å². The maximum atomic E-state index is 12.9. The van der Waals surface area contributed by atoms with Gasteiger partial charge in [0.2, 0.25) is 5.95 Å². The van der Waals surface area contributed by atoms with E-state index in [1.54, 1.807) is 11.6 Å². The van der Waals surface area contributed by atoms with Crippen molar-refractivity contribution in [2.24, 2.45) is 7.05 Å². The number of nitrogens with zero attached hydrogens (tertiary/aromatic N) is 8. The fourth-order valence-corrected chi connectivity index (χ4v) is 6.98. The number of hydrogen-bond donors (Lipinski definition) is 1. The first-order chi connectivity index (χ1) is 20.3. The molecule has 5 heterocycles. The molecule has 42 heavy (non-hydrogen) atoms. The fraction of sp³-hybridized carbons (Fsp3) is 0.448. The Bertz CT molecular complexity index is 1650. The molecule has 2 aliphatic heterocycles. The molecule has 0 unspecified atom stereocenters. The van der Waals surface area contributed by atoms with Gasteiger partial charge < -0.3 is 14.6 Å². The number of sulfonamides is 1. The lowest BCUT2D eigenvalue weighted by molar-refractivity contribution is 0.0342. The van der Waals surface area contributed by atoms with Crippen molar-refractivity contribution < 1.29 is 13.2 Å². The van der Waals surface area contributed by atoms with Crippen molar-refractivity contribution in [2.75, 3.05) is 44.7 Å². The van der Waals surface area contributed by atoms with E-state index in [2.05, 4.69) is 50.4 Å². The second-order valence-corrected chi connectivity index (χ2v) is 13.0. The Morgan fingerprint density at radius 3 is 2.50 bits per heavy atom. The highest BCUT2D eigenvalue weighted by Gasteiger charge is 2.31. The number of aryl methyl sites for hydroxylation is 3. The molecule has 1 aromatic carbocycles. The largest absolute Gasteiger partial charge is 0.379 e. The fourth-order valence-electron chi connectivity index (χ4n) is 5.55. The van der Waals surface area contributed by atoms with Gasteiger partial charge in [0.25, 0.3) is 10.0 Å². The third kappa shape index (κ3) is 6.09. The molecular formula is C29H37N9O3S. The van der Waals surface area contributed by atoms with E-state index in [9.17, 15) is 8.42 Å². The third-order valence-electron chi connectivity index (χ3n) is 7.92. The van der Waals surface area contributed by atoms with Crippen LogP contribution in [0.15, 0.2) is 54.3 Å². The average molecular weight is 592 g/mol. The standard InChI is InChI=1S/C29H37N9O3S/c1-21-14-23(17-36-10-12-41-13-11-36)4-5-26(21)38-18-24(16-32-38)28-22(2)15-30-29(34-28)33-25-6-8-37(9-7-25)42(39,40)27-19-35(3)20-31-27/h4-5,14-16,18-20,25H,6-13,17H2,1-3H3,(H,30,33,34). The summed E-state index contributed by atoms with van der Waals surface area (Å²) in [6, 6.07) is 6.60. The van der Waals surface area contributed by atoms with Crippen LogP contribution in [0.25, 0.3) is 16.9 Å². The Hall–Kier alpha value is -3.65. The minimum absolute atomic E-state index is 0.0667. The molecule has 1 N–H and O–H groups in total. The maximum Gasteiger partial charge on any atom is 0.262 e. The van der Waals surface area contributed by atoms with Gasteiger partial charge in [-0.25, -0.2) is 28.1 Å². The highest BCUT2D eigenvalue weighted by atomic mass is 32.2. The lowest BCUT2D eigenvalue weighted by atomic mass is 10.1. The Morgan fingerprint density at radius 1 is 1.00 bits per heavy atom. The molecule has 12 nitrogen and oxygen atoms in total. The number of nitrogens with one attached hydrogen (secondary N) is 1. The summed E-state index contributed by atoms with van der Waals surface area (Å²) in [7, 11) is -1.83. The van der Waals surface area contributed by atoms with Crippen molar-refractivity contribution in [2.45, 2.75) is 44.3 Å². The number of ether oxygens (including phenoxy) is 1. The van der Waals surface area contributed by atoms with Gasteiger partial charge in [0.15, 0.2) is 5.03 Å². The van der Waals surface area contributed by atoms with Crippen LogP contribution in [0, 0.1) is 13.8 Å². The van der Waals surface area contributed by atoms with Crippen LogP contribution in [-0.4, -0.2) is 92.4 Å². The predicted molar refractivity (Wildman–Crippen MR) is 159 cm³/mol.